The molecule has 0 saturated carbocycles. The lowest BCUT2D eigenvalue weighted by atomic mass is 10.2. The van der Waals surface area contributed by atoms with E-state index in [-0.39, 0.29) is 11.5 Å². The first kappa shape index (κ1) is 14.7. The van der Waals surface area contributed by atoms with E-state index in [2.05, 4.69) is 9.88 Å². The largest absolute Gasteiger partial charge is 0.383 e. The van der Waals surface area contributed by atoms with Gasteiger partial charge >= 0.3 is 0 Å². The Balaban J connectivity index is 1.94. The predicted octanol–water partition coefficient (Wildman–Crippen LogP) is 0.169. The van der Waals surface area contributed by atoms with E-state index in [4.69, 9.17) is 4.74 Å². The molecular weight excluding hydrogens is 258 g/mol. The van der Waals surface area contributed by atoms with Crippen LogP contribution in [0.1, 0.15) is 16.8 Å². The van der Waals surface area contributed by atoms with Gasteiger partial charge in [-0.15, -0.1) is 0 Å². The maximum Gasteiger partial charge on any atom is 0.255 e. The van der Waals surface area contributed by atoms with E-state index in [9.17, 15) is 9.59 Å². The third-order valence-electron chi connectivity index (χ3n) is 3.52. The van der Waals surface area contributed by atoms with Gasteiger partial charge in [-0.1, -0.05) is 0 Å². The maximum absolute atomic E-state index is 12.3. The minimum absolute atomic E-state index is 0.0187. The molecule has 2 rings (SSSR count). The number of pyridine rings is 1. The van der Waals surface area contributed by atoms with Crippen molar-refractivity contribution < 1.29 is 9.53 Å². The number of nitrogens with zero attached hydrogens (tertiary/aromatic N) is 2. The number of aromatic amines is 1. The van der Waals surface area contributed by atoms with Gasteiger partial charge in [-0.3, -0.25) is 14.5 Å². The van der Waals surface area contributed by atoms with Crippen LogP contribution in [0.5, 0.6) is 0 Å². The zero-order chi connectivity index (χ0) is 14.4. The minimum atomic E-state index is -0.192. The first-order chi connectivity index (χ1) is 9.70. The van der Waals surface area contributed by atoms with Crippen LogP contribution in [0.3, 0.4) is 0 Å². The van der Waals surface area contributed by atoms with Gasteiger partial charge in [0.25, 0.3) is 5.91 Å². The van der Waals surface area contributed by atoms with Crippen LogP contribution >= 0.6 is 0 Å². The standard InChI is InChI=1S/C14H21N3O3/c1-20-10-9-16-5-2-6-17(8-7-16)14(19)12-3-4-13(18)15-11-12/h3-4,11H,2,5-10H2,1H3,(H,15,18). The van der Waals surface area contributed by atoms with E-state index in [0.717, 1.165) is 32.6 Å². The van der Waals surface area contributed by atoms with Crippen molar-refractivity contribution in [1.82, 2.24) is 14.8 Å². The highest BCUT2D eigenvalue weighted by Crippen LogP contribution is 2.07. The zero-order valence-corrected chi connectivity index (χ0v) is 11.8. The Morgan fingerprint density at radius 2 is 2.15 bits per heavy atom. The summed E-state index contributed by atoms with van der Waals surface area (Å²) >= 11 is 0. The van der Waals surface area contributed by atoms with E-state index in [0.29, 0.717) is 18.7 Å². The van der Waals surface area contributed by atoms with Crippen LogP contribution < -0.4 is 5.56 Å². The molecule has 1 N–H and O–H groups in total. The van der Waals surface area contributed by atoms with Crippen molar-refractivity contribution in [3.05, 3.63) is 34.2 Å². The molecule has 1 saturated heterocycles. The topological polar surface area (TPSA) is 65.6 Å². The molecule has 110 valence electrons. The summed E-state index contributed by atoms with van der Waals surface area (Å²) < 4.78 is 5.08. The van der Waals surface area contributed by atoms with Gasteiger partial charge < -0.3 is 14.6 Å². The molecule has 6 nitrogen and oxygen atoms in total. The van der Waals surface area contributed by atoms with E-state index in [1.165, 1.54) is 12.3 Å². The number of methoxy groups -OCH3 is 1. The highest BCUT2D eigenvalue weighted by atomic mass is 16.5. The lowest BCUT2D eigenvalue weighted by Crippen LogP contribution is -2.36. The predicted molar refractivity (Wildman–Crippen MR) is 75.9 cm³/mol. The van der Waals surface area contributed by atoms with Crippen LogP contribution in [0, 0.1) is 0 Å². The molecule has 0 spiro atoms. The smallest absolute Gasteiger partial charge is 0.255 e. The summed E-state index contributed by atoms with van der Waals surface area (Å²) in [6.07, 6.45) is 2.44. The summed E-state index contributed by atoms with van der Waals surface area (Å²) in [6, 6.07) is 2.96. The third-order valence-corrected chi connectivity index (χ3v) is 3.52. The van der Waals surface area contributed by atoms with Crippen LogP contribution in [0.15, 0.2) is 23.1 Å². The number of H-pyrrole nitrogens is 1. The number of nitrogens with one attached hydrogen (secondary N) is 1. The van der Waals surface area contributed by atoms with Crippen LogP contribution in [0.4, 0.5) is 0 Å². The fraction of sp³-hybridized carbons (Fsp3) is 0.571. The van der Waals surface area contributed by atoms with Gasteiger partial charge in [0, 0.05) is 45.6 Å². The maximum atomic E-state index is 12.3. The molecule has 1 aliphatic heterocycles. The fourth-order valence-corrected chi connectivity index (χ4v) is 2.34. The molecule has 0 atom stereocenters. The number of carbonyl (C=O) groups is 1. The van der Waals surface area contributed by atoms with Crippen molar-refractivity contribution >= 4 is 5.91 Å². The quantitative estimate of drug-likeness (QED) is 0.853. The monoisotopic (exact) mass is 279 g/mol. The van der Waals surface area contributed by atoms with Crippen LogP contribution in [-0.4, -0.2) is 67.1 Å². The second kappa shape index (κ2) is 7.21. The van der Waals surface area contributed by atoms with E-state index >= 15 is 0 Å². The summed E-state index contributed by atoms with van der Waals surface area (Å²) in [7, 11) is 1.70. The Bertz CT molecular complexity index is 480. The van der Waals surface area contributed by atoms with Crippen molar-refractivity contribution in [3.8, 4) is 0 Å². The molecular formula is C14H21N3O3. The summed E-state index contributed by atoms with van der Waals surface area (Å²) in [5, 5.41) is 0. The minimum Gasteiger partial charge on any atom is -0.383 e. The van der Waals surface area contributed by atoms with Crippen molar-refractivity contribution in [2.45, 2.75) is 6.42 Å². The van der Waals surface area contributed by atoms with E-state index in [1.807, 2.05) is 4.90 Å². The van der Waals surface area contributed by atoms with Gasteiger partial charge in [-0.25, -0.2) is 0 Å². The number of amides is 1. The van der Waals surface area contributed by atoms with E-state index in [1.54, 1.807) is 13.2 Å². The molecule has 0 aliphatic carbocycles. The molecule has 1 aromatic heterocycles. The molecule has 0 unspecified atom stereocenters. The highest BCUT2D eigenvalue weighted by molar-refractivity contribution is 5.93. The molecule has 1 fully saturated rings. The molecule has 1 amide bonds. The molecule has 1 aromatic rings. The number of rotatable bonds is 4. The molecule has 2 heterocycles. The third kappa shape index (κ3) is 3.91. The first-order valence-corrected chi connectivity index (χ1v) is 6.90. The normalized spacial score (nSPS) is 16.9. The Morgan fingerprint density at radius 3 is 2.85 bits per heavy atom. The molecule has 20 heavy (non-hydrogen) atoms. The van der Waals surface area contributed by atoms with Crippen LogP contribution in [0.25, 0.3) is 0 Å². The van der Waals surface area contributed by atoms with Crippen molar-refractivity contribution in [2.75, 3.05) is 46.4 Å². The van der Waals surface area contributed by atoms with Gasteiger partial charge in [0.05, 0.1) is 12.2 Å². The van der Waals surface area contributed by atoms with Gasteiger partial charge in [0.15, 0.2) is 0 Å². The second-order valence-electron chi connectivity index (χ2n) is 4.92. The van der Waals surface area contributed by atoms with Crippen molar-refractivity contribution in [1.29, 1.82) is 0 Å². The van der Waals surface area contributed by atoms with Gasteiger partial charge in [0.1, 0.15) is 0 Å². The average Bonchev–Trinajstić information content (AvgIpc) is 2.70. The highest BCUT2D eigenvalue weighted by Gasteiger charge is 2.20. The lowest BCUT2D eigenvalue weighted by Gasteiger charge is -2.21. The first-order valence-electron chi connectivity index (χ1n) is 6.90. The molecule has 0 radical (unpaired) electrons. The molecule has 0 aromatic carbocycles. The fourth-order valence-electron chi connectivity index (χ4n) is 2.34. The number of ether oxygens (including phenoxy) is 1. The zero-order valence-electron chi connectivity index (χ0n) is 11.8. The number of aromatic nitrogens is 1. The Kier molecular flexibility index (Phi) is 5.31. The Hall–Kier alpha value is -1.66. The van der Waals surface area contributed by atoms with E-state index < -0.39 is 0 Å². The summed E-state index contributed by atoms with van der Waals surface area (Å²) in [4.78, 5) is 30.1. The second-order valence-corrected chi connectivity index (χ2v) is 4.92. The Labute approximate surface area is 118 Å². The van der Waals surface area contributed by atoms with Crippen LogP contribution in [0.2, 0.25) is 0 Å². The molecule has 0 bridgehead atoms. The summed E-state index contributed by atoms with van der Waals surface area (Å²) in [5.74, 6) is -0.0187. The van der Waals surface area contributed by atoms with Gasteiger partial charge in [0.2, 0.25) is 5.56 Å². The number of hydrogen-bond acceptors (Lipinski definition) is 4. The summed E-state index contributed by atoms with van der Waals surface area (Å²) in [5.41, 5.74) is 0.345. The number of carbonyl (C=O) groups excluding carboxylic acids is 1. The molecule has 6 heteroatoms. The van der Waals surface area contributed by atoms with Crippen LogP contribution in [-0.2, 0) is 4.74 Å². The van der Waals surface area contributed by atoms with Gasteiger partial charge in [-0.2, -0.15) is 0 Å². The van der Waals surface area contributed by atoms with Crippen molar-refractivity contribution in [2.24, 2.45) is 0 Å². The average molecular weight is 279 g/mol. The summed E-state index contributed by atoms with van der Waals surface area (Å²) in [6.45, 7) is 4.92. The number of hydrogen-bond donors (Lipinski definition) is 1. The lowest BCUT2D eigenvalue weighted by molar-refractivity contribution is 0.0758. The molecule has 1 aliphatic rings. The SMILES string of the molecule is COCCN1CCCN(C(=O)c2ccc(=O)[nH]c2)CC1. The Morgan fingerprint density at radius 1 is 1.30 bits per heavy atom. The van der Waals surface area contributed by atoms with Crippen molar-refractivity contribution in [3.63, 3.8) is 0 Å². The van der Waals surface area contributed by atoms with Gasteiger partial charge in [-0.05, 0) is 19.0 Å².